The zero-order valence-corrected chi connectivity index (χ0v) is 22.3. The lowest BCUT2D eigenvalue weighted by molar-refractivity contribution is -0.113. The number of likely N-dealkylation sites (N-methyl/N-ethyl adjacent to an activating group) is 1. The number of anilines is 1. The van der Waals surface area contributed by atoms with Gasteiger partial charge in [0.25, 0.3) is 15.9 Å². The van der Waals surface area contributed by atoms with Crippen molar-refractivity contribution in [2.24, 2.45) is 0 Å². The third-order valence-corrected chi connectivity index (χ3v) is 7.56. The van der Waals surface area contributed by atoms with Gasteiger partial charge in [0.05, 0.1) is 23.7 Å². The molecule has 0 fully saturated rings. The fraction of sp³-hybridized carbons (Fsp3) is 0.222. The maximum absolute atomic E-state index is 13.2. The number of ether oxygens (including phenoxy) is 3. The van der Waals surface area contributed by atoms with E-state index in [1.807, 2.05) is 0 Å². The van der Waals surface area contributed by atoms with Gasteiger partial charge in [-0.2, -0.15) is 0 Å². The summed E-state index contributed by atoms with van der Waals surface area (Å²) >= 11 is 0. The molecule has 0 atom stereocenters. The second kappa shape index (κ2) is 12.8. The lowest BCUT2D eigenvalue weighted by atomic mass is 10.1. The summed E-state index contributed by atoms with van der Waals surface area (Å²) in [4.78, 5) is 45.4. The minimum absolute atomic E-state index is 0.00604. The summed E-state index contributed by atoms with van der Waals surface area (Å²) in [5, 5.41) is 2.52. The Hall–Kier alpha value is -4.78. The number of sulfonamides is 1. The summed E-state index contributed by atoms with van der Waals surface area (Å²) in [7, 11) is -2.92. The Morgan fingerprint density at radius 3 is 2.38 bits per heavy atom. The lowest BCUT2D eigenvalue weighted by Gasteiger charge is -2.29. The minimum Gasteiger partial charge on any atom is -0.462 e. The van der Waals surface area contributed by atoms with Crippen LogP contribution in [0.1, 0.15) is 35.2 Å². The molecule has 12 nitrogen and oxygen atoms in total. The molecule has 4 rings (SSSR count). The van der Waals surface area contributed by atoms with Crippen molar-refractivity contribution in [1.29, 1.82) is 0 Å². The fourth-order valence-electron chi connectivity index (χ4n) is 3.76. The van der Waals surface area contributed by atoms with Crippen LogP contribution in [-0.2, 0) is 29.0 Å². The number of pyridine rings is 2. The first-order valence-electron chi connectivity index (χ1n) is 12.3. The van der Waals surface area contributed by atoms with Crippen molar-refractivity contribution in [3.05, 3.63) is 90.0 Å². The van der Waals surface area contributed by atoms with Gasteiger partial charge in [-0.3, -0.25) is 14.1 Å². The number of nitrogens with one attached hydrogen (secondary N) is 1. The number of hydrogen-bond acceptors (Lipinski definition) is 10. The molecule has 1 amide bonds. The number of benzene rings is 1. The largest absolute Gasteiger partial charge is 0.513 e. The van der Waals surface area contributed by atoms with Crippen LogP contribution in [-0.4, -0.2) is 61.0 Å². The van der Waals surface area contributed by atoms with Crippen molar-refractivity contribution < 1.29 is 37.0 Å². The Morgan fingerprint density at radius 1 is 0.900 bits per heavy atom. The van der Waals surface area contributed by atoms with E-state index in [-0.39, 0.29) is 35.2 Å². The Kier molecular flexibility index (Phi) is 9.07. The number of unbranched alkanes of at least 4 members (excludes halogenated alkanes) is 2. The molecule has 1 aliphatic rings. The van der Waals surface area contributed by atoms with Gasteiger partial charge in [0.2, 0.25) is 0 Å². The topological polar surface area (TPSA) is 154 Å². The monoisotopic (exact) mass is 566 g/mol. The maximum Gasteiger partial charge on any atom is 0.513 e. The van der Waals surface area contributed by atoms with E-state index in [0.717, 1.165) is 4.31 Å². The SMILES string of the molecule is CN1C(C(=O)Nc2ccccn2)=C(OC(=O)OCCCCCOC(=O)c2cccnc2)c2ccccc2S1(=O)=O. The van der Waals surface area contributed by atoms with Crippen molar-refractivity contribution in [2.45, 2.75) is 24.2 Å². The number of carbonyl (C=O) groups is 3. The summed E-state index contributed by atoms with van der Waals surface area (Å²) in [5.74, 6) is -1.40. The van der Waals surface area contributed by atoms with Gasteiger partial charge in [-0.1, -0.05) is 18.2 Å². The highest BCUT2D eigenvalue weighted by Crippen LogP contribution is 2.37. The predicted octanol–water partition coefficient (Wildman–Crippen LogP) is 3.60. The predicted molar refractivity (Wildman–Crippen MR) is 142 cm³/mol. The molecular formula is C27H26N4O8S. The maximum atomic E-state index is 13.2. The zero-order valence-electron chi connectivity index (χ0n) is 21.5. The molecular weight excluding hydrogens is 540 g/mol. The molecule has 3 aromatic rings. The second-order valence-corrected chi connectivity index (χ2v) is 10.4. The van der Waals surface area contributed by atoms with E-state index in [1.54, 1.807) is 36.5 Å². The quantitative estimate of drug-likeness (QED) is 0.284. The highest BCUT2D eigenvalue weighted by Gasteiger charge is 2.40. The van der Waals surface area contributed by atoms with E-state index >= 15 is 0 Å². The van der Waals surface area contributed by atoms with Gasteiger partial charge in [0.1, 0.15) is 5.82 Å². The van der Waals surface area contributed by atoms with Crippen molar-refractivity contribution in [2.75, 3.05) is 25.6 Å². The Morgan fingerprint density at radius 2 is 1.65 bits per heavy atom. The molecule has 0 radical (unpaired) electrons. The number of esters is 1. The van der Waals surface area contributed by atoms with E-state index < -0.39 is 33.8 Å². The van der Waals surface area contributed by atoms with Crippen LogP contribution in [0.2, 0.25) is 0 Å². The normalized spacial score (nSPS) is 13.7. The molecule has 0 unspecified atom stereocenters. The number of carbonyl (C=O) groups excluding carboxylic acids is 3. The van der Waals surface area contributed by atoms with Crippen LogP contribution in [0, 0.1) is 0 Å². The molecule has 0 saturated carbocycles. The van der Waals surface area contributed by atoms with Crippen LogP contribution in [0.25, 0.3) is 5.76 Å². The van der Waals surface area contributed by atoms with Gasteiger partial charge in [-0.05, 0) is 55.7 Å². The molecule has 0 aliphatic carbocycles. The Labute approximate surface area is 230 Å². The van der Waals surface area contributed by atoms with Gasteiger partial charge >= 0.3 is 12.1 Å². The van der Waals surface area contributed by atoms with E-state index in [4.69, 9.17) is 14.2 Å². The number of rotatable bonds is 10. The molecule has 13 heteroatoms. The Balaban J connectivity index is 1.38. The number of aromatic nitrogens is 2. The van der Waals surface area contributed by atoms with E-state index in [1.165, 1.54) is 43.7 Å². The molecule has 2 aromatic heterocycles. The summed E-state index contributed by atoms with van der Waals surface area (Å²) < 4.78 is 42.7. The fourth-order valence-corrected chi connectivity index (χ4v) is 5.15. The first-order valence-corrected chi connectivity index (χ1v) is 13.7. The van der Waals surface area contributed by atoms with Crippen LogP contribution in [0.4, 0.5) is 10.6 Å². The highest BCUT2D eigenvalue weighted by atomic mass is 32.2. The summed E-state index contributed by atoms with van der Waals surface area (Å²) in [6, 6.07) is 13.9. The Bertz CT molecular complexity index is 1510. The smallest absolute Gasteiger partial charge is 0.462 e. The summed E-state index contributed by atoms with van der Waals surface area (Å²) in [5.41, 5.74) is -0.00501. The number of amides is 1. The van der Waals surface area contributed by atoms with Gasteiger partial charge in [0, 0.05) is 31.2 Å². The van der Waals surface area contributed by atoms with Crippen molar-refractivity contribution in [1.82, 2.24) is 14.3 Å². The van der Waals surface area contributed by atoms with E-state index in [9.17, 15) is 22.8 Å². The first kappa shape index (κ1) is 28.2. The summed E-state index contributed by atoms with van der Waals surface area (Å²) in [6.07, 6.45) is 4.92. The average molecular weight is 567 g/mol. The molecule has 1 N–H and O–H groups in total. The van der Waals surface area contributed by atoms with Gasteiger partial charge < -0.3 is 19.5 Å². The zero-order chi connectivity index (χ0) is 28.5. The third-order valence-electron chi connectivity index (χ3n) is 5.75. The second-order valence-electron chi connectivity index (χ2n) is 8.45. The van der Waals surface area contributed by atoms with Crippen LogP contribution >= 0.6 is 0 Å². The first-order chi connectivity index (χ1) is 19.3. The molecule has 40 heavy (non-hydrogen) atoms. The van der Waals surface area contributed by atoms with Crippen LogP contribution < -0.4 is 5.32 Å². The van der Waals surface area contributed by atoms with Gasteiger partial charge in [0.15, 0.2) is 11.5 Å². The lowest BCUT2D eigenvalue weighted by Crippen LogP contribution is -2.38. The molecule has 0 spiro atoms. The van der Waals surface area contributed by atoms with Crippen molar-refractivity contribution in [3.63, 3.8) is 0 Å². The molecule has 208 valence electrons. The number of nitrogens with zero attached hydrogens (tertiary/aromatic N) is 3. The van der Waals surface area contributed by atoms with Crippen LogP contribution in [0.3, 0.4) is 0 Å². The average Bonchev–Trinajstić information content (AvgIpc) is 2.96. The van der Waals surface area contributed by atoms with Gasteiger partial charge in [-0.25, -0.2) is 23.0 Å². The minimum atomic E-state index is -4.11. The van der Waals surface area contributed by atoms with Crippen LogP contribution in [0.5, 0.6) is 0 Å². The highest BCUT2D eigenvalue weighted by molar-refractivity contribution is 7.89. The van der Waals surface area contributed by atoms with Crippen LogP contribution in [0.15, 0.2) is 83.8 Å². The summed E-state index contributed by atoms with van der Waals surface area (Å²) in [6.45, 7) is 0.186. The number of fused-ring (bicyclic) bond motifs is 1. The molecule has 3 heterocycles. The molecule has 0 bridgehead atoms. The molecule has 1 aromatic carbocycles. The van der Waals surface area contributed by atoms with Crippen molar-refractivity contribution in [3.8, 4) is 0 Å². The van der Waals surface area contributed by atoms with E-state index in [2.05, 4.69) is 15.3 Å². The molecule has 0 saturated heterocycles. The van der Waals surface area contributed by atoms with E-state index in [0.29, 0.717) is 24.8 Å². The number of hydrogen-bond donors (Lipinski definition) is 1. The standard InChI is InChI=1S/C27H26N4O8S/c1-31-23(25(32)30-22-13-5-6-15-29-22)24(20-11-3-4-12-21(20)40(31,35)36)39-27(34)38-17-8-2-7-16-37-26(33)19-10-9-14-28-18-19/h3-6,9-15,18H,2,7-8,16-17H2,1H3,(H,29,30,32). The van der Waals surface area contributed by atoms with Gasteiger partial charge in [-0.15, -0.1) is 0 Å². The molecule has 1 aliphatic heterocycles. The van der Waals surface area contributed by atoms with Crippen molar-refractivity contribution >= 4 is 39.6 Å². The third kappa shape index (κ3) is 6.61.